The van der Waals surface area contributed by atoms with Gasteiger partial charge in [0.05, 0.1) is 5.52 Å². The number of benzene rings is 1. The van der Waals surface area contributed by atoms with Crippen molar-refractivity contribution >= 4 is 56.5 Å². The molecule has 4 N–H and O–H groups in total. The van der Waals surface area contributed by atoms with Gasteiger partial charge in [-0.25, -0.2) is 0 Å². The molecule has 6 heteroatoms. The first-order valence-electron chi connectivity index (χ1n) is 3.87. The molecular formula is C8H7IN4S. The molecule has 0 saturated heterocycles. The lowest BCUT2D eigenvalue weighted by Gasteiger charge is -2.02. The van der Waals surface area contributed by atoms with Gasteiger partial charge in [-0.05, 0) is 53.0 Å². The van der Waals surface area contributed by atoms with E-state index < -0.39 is 0 Å². The third-order valence-electron chi connectivity index (χ3n) is 1.78. The van der Waals surface area contributed by atoms with Crippen LogP contribution in [0, 0.1) is 3.70 Å². The van der Waals surface area contributed by atoms with Crippen molar-refractivity contribution in [3.05, 3.63) is 21.9 Å². The lowest BCUT2D eigenvalue weighted by atomic mass is 10.2. The highest BCUT2D eigenvalue weighted by Crippen LogP contribution is 2.20. The minimum atomic E-state index is 0.259. The Labute approximate surface area is 99.4 Å². The number of anilines is 1. The van der Waals surface area contributed by atoms with Crippen LogP contribution in [0.15, 0.2) is 18.2 Å². The number of hydrogen-bond donors (Lipinski definition) is 3. The Bertz CT molecular complexity index is 493. The van der Waals surface area contributed by atoms with Crippen LogP contribution >= 0.6 is 34.8 Å². The van der Waals surface area contributed by atoms with Gasteiger partial charge >= 0.3 is 0 Å². The number of halogens is 1. The van der Waals surface area contributed by atoms with Crippen molar-refractivity contribution < 1.29 is 0 Å². The fourth-order valence-electron chi connectivity index (χ4n) is 1.20. The van der Waals surface area contributed by atoms with Gasteiger partial charge in [0.25, 0.3) is 0 Å². The number of aromatic amines is 1. The maximum atomic E-state index is 5.36. The summed E-state index contributed by atoms with van der Waals surface area (Å²) in [5.74, 6) is 0. The minimum absolute atomic E-state index is 0.259. The van der Waals surface area contributed by atoms with Crippen LogP contribution in [0.2, 0.25) is 0 Å². The van der Waals surface area contributed by atoms with Gasteiger partial charge in [-0.15, -0.1) is 0 Å². The standard InChI is InChI=1S/C8H7IN4S/c9-7-5-2-1-4(11-8(10)14)3-6(5)12-13-7/h1-3H,(H,12,13)(H3,10,11,14). The van der Waals surface area contributed by atoms with Gasteiger partial charge in [0, 0.05) is 11.1 Å². The molecule has 0 aliphatic carbocycles. The Hall–Kier alpha value is -0.890. The Morgan fingerprint density at radius 3 is 3.07 bits per heavy atom. The highest BCUT2D eigenvalue weighted by atomic mass is 127. The van der Waals surface area contributed by atoms with Crippen LogP contribution in [0.3, 0.4) is 0 Å². The molecule has 72 valence electrons. The zero-order valence-corrected chi connectivity index (χ0v) is 10.0. The number of nitrogens with two attached hydrogens (primary N) is 1. The lowest BCUT2D eigenvalue weighted by molar-refractivity contribution is 1.09. The first kappa shape index (κ1) is 9.66. The summed E-state index contributed by atoms with van der Waals surface area (Å²) in [7, 11) is 0. The molecule has 1 aromatic heterocycles. The highest BCUT2D eigenvalue weighted by molar-refractivity contribution is 14.1. The molecule has 4 nitrogen and oxygen atoms in total. The van der Waals surface area contributed by atoms with E-state index in [0.717, 1.165) is 20.3 Å². The Morgan fingerprint density at radius 1 is 1.57 bits per heavy atom. The van der Waals surface area contributed by atoms with Crippen LogP contribution in [-0.2, 0) is 0 Å². The number of fused-ring (bicyclic) bond motifs is 1. The molecule has 0 spiro atoms. The molecule has 0 aliphatic heterocycles. The summed E-state index contributed by atoms with van der Waals surface area (Å²) < 4.78 is 1.03. The molecule has 1 heterocycles. The van der Waals surface area contributed by atoms with Gasteiger partial charge in [0.15, 0.2) is 5.11 Å². The number of rotatable bonds is 1. The van der Waals surface area contributed by atoms with Crippen molar-refractivity contribution in [2.45, 2.75) is 0 Å². The van der Waals surface area contributed by atoms with Crippen LogP contribution in [0.1, 0.15) is 0 Å². The molecule has 14 heavy (non-hydrogen) atoms. The average molecular weight is 318 g/mol. The lowest BCUT2D eigenvalue weighted by Crippen LogP contribution is -2.18. The number of aromatic nitrogens is 2. The topological polar surface area (TPSA) is 66.7 Å². The fourth-order valence-corrected chi connectivity index (χ4v) is 1.89. The Kier molecular flexibility index (Phi) is 2.55. The van der Waals surface area contributed by atoms with E-state index in [-0.39, 0.29) is 5.11 Å². The van der Waals surface area contributed by atoms with Crippen molar-refractivity contribution in [2.75, 3.05) is 5.32 Å². The van der Waals surface area contributed by atoms with E-state index in [0.29, 0.717) is 0 Å². The predicted molar refractivity (Wildman–Crippen MR) is 69.2 cm³/mol. The quantitative estimate of drug-likeness (QED) is 0.554. The second-order valence-electron chi connectivity index (χ2n) is 2.76. The predicted octanol–water partition coefficient (Wildman–Crippen LogP) is 1.82. The SMILES string of the molecule is NC(=S)Nc1ccc2c(I)[nH]nc2c1. The molecule has 0 aliphatic rings. The highest BCUT2D eigenvalue weighted by Gasteiger charge is 2.02. The van der Waals surface area contributed by atoms with E-state index in [1.54, 1.807) is 0 Å². The fraction of sp³-hybridized carbons (Fsp3) is 0. The molecule has 2 aromatic rings. The van der Waals surface area contributed by atoms with E-state index in [1.165, 1.54) is 0 Å². The van der Waals surface area contributed by atoms with Crippen LogP contribution in [0.4, 0.5) is 5.69 Å². The van der Waals surface area contributed by atoms with E-state index in [9.17, 15) is 0 Å². The molecule has 0 atom stereocenters. The summed E-state index contributed by atoms with van der Waals surface area (Å²) in [6.45, 7) is 0. The summed E-state index contributed by atoms with van der Waals surface area (Å²) in [5.41, 5.74) is 7.12. The number of hydrogen-bond acceptors (Lipinski definition) is 2. The van der Waals surface area contributed by atoms with Crippen LogP contribution in [0.25, 0.3) is 10.9 Å². The number of thiocarbonyl (C=S) groups is 1. The van der Waals surface area contributed by atoms with Crippen molar-refractivity contribution in [3.63, 3.8) is 0 Å². The van der Waals surface area contributed by atoms with Crippen molar-refractivity contribution in [3.8, 4) is 0 Å². The molecule has 0 amide bonds. The minimum Gasteiger partial charge on any atom is -0.376 e. The van der Waals surface area contributed by atoms with E-state index in [2.05, 4.69) is 38.1 Å². The van der Waals surface area contributed by atoms with Crippen LogP contribution in [0.5, 0.6) is 0 Å². The Balaban J connectivity index is 2.46. The van der Waals surface area contributed by atoms with Gasteiger partial charge in [0.2, 0.25) is 0 Å². The second kappa shape index (κ2) is 3.70. The summed E-state index contributed by atoms with van der Waals surface area (Å²) in [6.07, 6.45) is 0. The van der Waals surface area contributed by atoms with Crippen molar-refractivity contribution in [1.29, 1.82) is 0 Å². The van der Waals surface area contributed by atoms with Crippen molar-refractivity contribution in [1.82, 2.24) is 10.2 Å². The smallest absolute Gasteiger partial charge is 0.168 e. The van der Waals surface area contributed by atoms with Crippen LogP contribution < -0.4 is 11.1 Å². The monoisotopic (exact) mass is 318 g/mol. The summed E-state index contributed by atoms with van der Waals surface area (Å²) in [4.78, 5) is 0. The van der Waals surface area contributed by atoms with Gasteiger partial charge in [-0.3, -0.25) is 5.10 Å². The number of nitrogens with zero attached hydrogens (tertiary/aromatic N) is 1. The zero-order chi connectivity index (χ0) is 10.1. The molecule has 2 rings (SSSR count). The maximum Gasteiger partial charge on any atom is 0.168 e. The second-order valence-corrected chi connectivity index (χ2v) is 4.28. The zero-order valence-electron chi connectivity index (χ0n) is 7.04. The number of H-pyrrole nitrogens is 1. The first-order valence-corrected chi connectivity index (χ1v) is 5.35. The maximum absolute atomic E-state index is 5.36. The van der Waals surface area contributed by atoms with E-state index in [4.69, 9.17) is 18.0 Å². The third kappa shape index (κ3) is 1.80. The average Bonchev–Trinajstić information content (AvgIpc) is 2.46. The van der Waals surface area contributed by atoms with Gasteiger partial charge in [0.1, 0.15) is 3.70 Å². The third-order valence-corrected chi connectivity index (χ3v) is 2.70. The van der Waals surface area contributed by atoms with E-state index in [1.807, 2.05) is 18.2 Å². The van der Waals surface area contributed by atoms with Gasteiger partial charge < -0.3 is 11.1 Å². The van der Waals surface area contributed by atoms with Crippen LogP contribution in [-0.4, -0.2) is 15.3 Å². The molecule has 0 fully saturated rings. The summed E-state index contributed by atoms with van der Waals surface area (Å²) in [6, 6.07) is 5.79. The van der Waals surface area contributed by atoms with Crippen molar-refractivity contribution in [2.24, 2.45) is 5.73 Å². The first-order chi connectivity index (χ1) is 6.66. The molecule has 1 aromatic carbocycles. The molecule has 0 bridgehead atoms. The molecule has 0 radical (unpaired) electrons. The molecule has 0 saturated carbocycles. The molecule has 0 unspecified atom stereocenters. The normalized spacial score (nSPS) is 10.4. The summed E-state index contributed by atoms with van der Waals surface area (Å²) in [5, 5.41) is 11.2. The van der Waals surface area contributed by atoms with Gasteiger partial charge in [-0.2, -0.15) is 5.10 Å². The Morgan fingerprint density at radius 2 is 2.36 bits per heavy atom. The molecular weight excluding hydrogens is 311 g/mol. The largest absolute Gasteiger partial charge is 0.376 e. The van der Waals surface area contributed by atoms with Gasteiger partial charge in [-0.1, -0.05) is 0 Å². The number of nitrogens with one attached hydrogen (secondary N) is 2. The summed E-state index contributed by atoms with van der Waals surface area (Å²) >= 11 is 6.94. The van der Waals surface area contributed by atoms with E-state index >= 15 is 0 Å².